The van der Waals surface area contributed by atoms with Gasteiger partial charge in [-0.3, -0.25) is 4.79 Å². The van der Waals surface area contributed by atoms with Crippen LogP contribution in [0, 0.1) is 34.5 Å². The lowest BCUT2D eigenvalue weighted by molar-refractivity contribution is -0.227. The van der Waals surface area contributed by atoms with Gasteiger partial charge in [-0.15, -0.1) is 0 Å². The third kappa shape index (κ3) is 2.34. The SMILES string of the molecule is C[C@]12C(O)C(=O)[C@@H](O)C[C@H]1CC[C@@H]1[C@@H]2CC[C@]2(C)[C@@H](C3=CC(=O)OC3)CC[C@]12O. The summed E-state index contributed by atoms with van der Waals surface area (Å²) in [6.45, 7) is 4.49. The molecule has 4 saturated carbocycles. The van der Waals surface area contributed by atoms with Crippen LogP contribution in [-0.2, 0) is 14.3 Å². The first kappa shape index (κ1) is 19.7. The van der Waals surface area contributed by atoms with Gasteiger partial charge >= 0.3 is 5.97 Å². The minimum atomic E-state index is -1.17. The molecule has 0 aromatic heterocycles. The second-order valence-electron chi connectivity index (χ2n) is 10.7. The second-order valence-corrected chi connectivity index (χ2v) is 10.7. The van der Waals surface area contributed by atoms with Gasteiger partial charge in [0.05, 0.1) is 5.60 Å². The van der Waals surface area contributed by atoms with Crippen LogP contribution in [0.15, 0.2) is 11.6 Å². The molecule has 1 unspecified atom stereocenters. The maximum Gasteiger partial charge on any atom is 0.331 e. The van der Waals surface area contributed by atoms with Gasteiger partial charge in [-0.1, -0.05) is 13.8 Å². The minimum absolute atomic E-state index is 0.0174. The van der Waals surface area contributed by atoms with Gasteiger partial charge in [0.1, 0.15) is 18.8 Å². The third-order valence-electron chi connectivity index (χ3n) is 9.98. The molecular weight excluding hydrogens is 372 g/mol. The van der Waals surface area contributed by atoms with Crippen molar-refractivity contribution in [1.82, 2.24) is 0 Å². The number of ketones is 1. The first-order chi connectivity index (χ1) is 13.6. The van der Waals surface area contributed by atoms with E-state index < -0.39 is 29.0 Å². The van der Waals surface area contributed by atoms with E-state index in [0.717, 1.165) is 37.7 Å². The molecule has 9 atom stereocenters. The molecule has 4 fully saturated rings. The lowest BCUT2D eigenvalue weighted by atomic mass is 9.42. The highest BCUT2D eigenvalue weighted by molar-refractivity contribution is 5.88. The largest absolute Gasteiger partial charge is 0.458 e. The fourth-order valence-electron chi connectivity index (χ4n) is 8.30. The molecule has 0 aromatic carbocycles. The molecule has 0 radical (unpaired) electrons. The number of carbonyl (C=O) groups excluding carboxylic acids is 2. The third-order valence-corrected chi connectivity index (χ3v) is 9.98. The van der Waals surface area contributed by atoms with Crippen LogP contribution in [0.4, 0.5) is 0 Å². The molecule has 5 aliphatic rings. The standard InChI is InChI=1S/C23H32O6/c1-21-7-5-15-16(4-3-13-10-17(24)19(26)20(27)22(13,15)2)23(21,28)8-6-14(21)12-9-18(25)29-11-12/h9,13-17,20,24,27-28H,3-8,10-11H2,1-2H3/t13-,14-,15+,16-,17+,20?,21-,22+,23+/m1/s1. The van der Waals surface area contributed by atoms with E-state index in [0.29, 0.717) is 19.4 Å². The molecule has 4 aliphatic carbocycles. The van der Waals surface area contributed by atoms with Gasteiger partial charge < -0.3 is 20.1 Å². The molecule has 0 amide bonds. The van der Waals surface area contributed by atoms with E-state index in [1.54, 1.807) is 6.08 Å². The molecule has 0 bridgehead atoms. The van der Waals surface area contributed by atoms with Crippen molar-refractivity contribution in [2.75, 3.05) is 6.61 Å². The lowest BCUT2D eigenvalue weighted by Gasteiger charge is -2.64. The smallest absolute Gasteiger partial charge is 0.331 e. The molecule has 0 aromatic rings. The fourth-order valence-corrected chi connectivity index (χ4v) is 8.30. The Morgan fingerprint density at radius 2 is 1.79 bits per heavy atom. The number of esters is 1. The minimum Gasteiger partial charge on any atom is -0.458 e. The Hall–Kier alpha value is -1.24. The Bertz CT molecular complexity index is 790. The summed E-state index contributed by atoms with van der Waals surface area (Å²) in [5, 5.41) is 33.1. The summed E-state index contributed by atoms with van der Waals surface area (Å²) in [6.07, 6.45) is 4.60. The molecule has 1 aliphatic heterocycles. The van der Waals surface area contributed by atoms with E-state index >= 15 is 0 Å². The Labute approximate surface area is 171 Å². The maximum atomic E-state index is 12.5. The van der Waals surface area contributed by atoms with Gasteiger partial charge in [-0.05, 0) is 74.2 Å². The van der Waals surface area contributed by atoms with Crippen LogP contribution in [0.5, 0.6) is 0 Å². The number of rotatable bonds is 1. The van der Waals surface area contributed by atoms with Gasteiger partial charge in [0.2, 0.25) is 0 Å². The van der Waals surface area contributed by atoms with Gasteiger partial charge in [-0.2, -0.15) is 0 Å². The van der Waals surface area contributed by atoms with Crippen LogP contribution < -0.4 is 0 Å². The summed E-state index contributed by atoms with van der Waals surface area (Å²) in [7, 11) is 0. The molecule has 0 saturated heterocycles. The highest BCUT2D eigenvalue weighted by Crippen LogP contribution is 2.69. The van der Waals surface area contributed by atoms with Crippen molar-refractivity contribution >= 4 is 11.8 Å². The van der Waals surface area contributed by atoms with Gasteiger partial charge in [0, 0.05) is 16.9 Å². The van der Waals surface area contributed by atoms with Crippen molar-refractivity contribution in [3.8, 4) is 0 Å². The Morgan fingerprint density at radius 3 is 2.48 bits per heavy atom. The van der Waals surface area contributed by atoms with Gasteiger partial charge in [0.15, 0.2) is 5.78 Å². The first-order valence-corrected chi connectivity index (χ1v) is 11.1. The average molecular weight is 405 g/mol. The quantitative estimate of drug-likeness (QED) is 0.575. The molecule has 29 heavy (non-hydrogen) atoms. The number of carbonyl (C=O) groups is 2. The summed E-state index contributed by atoms with van der Waals surface area (Å²) >= 11 is 0. The molecule has 5 rings (SSSR count). The number of Topliss-reactive ketones (excluding diaryl/α,β-unsaturated/α-hetero) is 1. The normalized spacial score (nSPS) is 54.3. The average Bonchev–Trinajstić information content (AvgIpc) is 3.22. The number of aliphatic hydroxyl groups is 3. The van der Waals surface area contributed by atoms with Crippen molar-refractivity contribution in [2.24, 2.45) is 34.5 Å². The fraction of sp³-hybridized carbons (Fsp3) is 0.826. The van der Waals surface area contributed by atoms with Crippen LogP contribution in [0.25, 0.3) is 0 Å². The van der Waals surface area contributed by atoms with Gasteiger partial charge in [0.25, 0.3) is 0 Å². The summed E-state index contributed by atoms with van der Waals surface area (Å²) < 4.78 is 5.16. The number of ether oxygens (including phenoxy) is 1. The summed E-state index contributed by atoms with van der Waals surface area (Å²) in [5.74, 6) is -0.446. The molecule has 1 heterocycles. The van der Waals surface area contributed by atoms with Crippen molar-refractivity contribution in [3.63, 3.8) is 0 Å². The Morgan fingerprint density at radius 1 is 1.03 bits per heavy atom. The van der Waals surface area contributed by atoms with Crippen LogP contribution >= 0.6 is 0 Å². The van der Waals surface area contributed by atoms with Crippen LogP contribution in [0.2, 0.25) is 0 Å². The molecule has 0 spiro atoms. The summed E-state index contributed by atoms with van der Waals surface area (Å²) in [6, 6.07) is 0. The van der Waals surface area contributed by atoms with Crippen molar-refractivity contribution in [2.45, 2.75) is 76.6 Å². The van der Waals surface area contributed by atoms with E-state index in [2.05, 4.69) is 6.92 Å². The topological polar surface area (TPSA) is 104 Å². The van der Waals surface area contributed by atoms with Crippen LogP contribution in [0.3, 0.4) is 0 Å². The van der Waals surface area contributed by atoms with E-state index in [1.807, 2.05) is 6.92 Å². The van der Waals surface area contributed by atoms with E-state index in [9.17, 15) is 24.9 Å². The summed E-state index contributed by atoms with van der Waals surface area (Å²) in [5.41, 5.74) is -0.803. The molecular formula is C23H32O6. The van der Waals surface area contributed by atoms with Crippen molar-refractivity contribution in [3.05, 3.63) is 11.6 Å². The molecule has 6 nitrogen and oxygen atoms in total. The monoisotopic (exact) mass is 404 g/mol. The van der Waals surface area contributed by atoms with E-state index in [-0.39, 0.29) is 35.1 Å². The zero-order valence-corrected chi connectivity index (χ0v) is 17.3. The summed E-state index contributed by atoms with van der Waals surface area (Å²) in [4.78, 5) is 24.1. The first-order valence-electron chi connectivity index (χ1n) is 11.1. The maximum absolute atomic E-state index is 12.5. The van der Waals surface area contributed by atoms with E-state index in [4.69, 9.17) is 4.74 Å². The Kier molecular flexibility index (Phi) is 4.18. The van der Waals surface area contributed by atoms with Gasteiger partial charge in [-0.25, -0.2) is 4.79 Å². The van der Waals surface area contributed by atoms with Crippen molar-refractivity contribution < 1.29 is 29.6 Å². The second kappa shape index (κ2) is 6.14. The number of aliphatic hydroxyl groups excluding tert-OH is 2. The molecule has 6 heteroatoms. The highest BCUT2D eigenvalue weighted by Gasteiger charge is 2.69. The predicted molar refractivity (Wildman–Crippen MR) is 104 cm³/mol. The van der Waals surface area contributed by atoms with Crippen LogP contribution in [0.1, 0.15) is 58.8 Å². The van der Waals surface area contributed by atoms with Crippen molar-refractivity contribution in [1.29, 1.82) is 0 Å². The number of fused-ring (bicyclic) bond motifs is 5. The number of cyclic esters (lactones) is 1. The van der Waals surface area contributed by atoms with Crippen LogP contribution in [-0.4, -0.2) is 51.5 Å². The zero-order valence-electron chi connectivity index (χ0n) is 17.3. The highest BCUT2D eigenvalue weighted by atomic mass is 16.5. The van der Waals surface area contributed by atoms with E-state index in [1.165, 1.54) is 0 Å². The molecule has 3 N–H and O–H groups in total. The number of hydrogen-bond donors (Lipinski definition) is 3. The number of hydrogen-bond acceptors (Lipinski definition) is 6. The Balaban J connectivity index is 1.50. The lowest BCUT2D eigenvalue weighted by Crippen LogP contribution is -2.66. The molecule has 160 valence electrons. The predicted octanol–water partition coefficient (Wildman–Crippen LogP) is 1.75. The zero-order chi connectivity index (χ0) is 20.8.